The van der Waals surface area contributed by atoms with Crippen LogP contribution in [0.15, 0.2) is 33.6 Å². The maximum Gasteiger partial charge on any atom is 0.243 e. The lowest BCUT2D eigenvalue weighted by atomic mass is 10.4. The minimum Gasteiger partial charge on any atom is -0.207 e. The molecular formula is C11H16BrNO2S2. The van der Waals surface area contributed by atoms with E-state index in [9.17, 15) is 8.42 Å². The second-order valence-electron chi connectivity index (χ2n) is 3.78. The standard InChI is InChI=1S/C11H16BrNO2S2/c1-9(8-16-3)13(2)17(14,15)11-6-4-5-10(12)7-11/h4-7,9H,8H2,1-3H3. The molecule has 1 aromatic carbocycles. The third-order valence-corrected chi connectivity index (χ3v) is 5.78. The lowest BCUT2D eigenvalue weighted by Crippen LogP contribution is -2.36. The van der Waals surface area contributed by atoms with Crippen molar-refractivity contribution in [3.05, 3.63) is 28.7 Å². The molecule has 17 heavy (non-hydrogen) atoms. The maximum atomic E-state index is 12.3. The van der Waals surface area contributed by atoms with E-state index in [1.807, 2.05) is 19.2 Å². The molecule has 0 radical (unpaired) electrons. The summed E-state index contributed by atoms with van der Waals surface area (Å²) in [5.41, 5.74) is 0. The van der Waals surface area contributed by atoms with Gasteiger partial charge in [-0.3, -0.25) is 0 Å². The molecule has 96 valence electrons. The van der Waals surface area contributed by atoms with Gasteiger partial charge in [0.15, 0.2) is 0 Å². The van der Waals surface area contributed by atoms with Gasteiger partial charge in [0.25, 0.3) is 0 Å². The number of hydrogen-bond acceptors (Lipinski definition) is 3. The van der Waals surface area contributed by atoms with Crippen molar-refractivity contribution in [2.24, 2.45) is 0 Å². The zero-order valence-corrected chi connectivity index (χ0v) is 13.3. The highest BCUT2D eigenvalue weighted by Gasteiger charge is 2.24. The van der Waals surface area contributed by atoms with E-state index >= 15 is 0 Å². The van der Waals surface area contributed by atoms with Crippen molar-refractivity contribution in [3.63, 3.8) is 0 Å². The molecule has 0 heterocycles. The molecule has 6 heteroatoms. The summed E-state index contributed by atoms with van der Waals surface area (Å²) >= 11 is 4.92. The molecule has 3 nitrogen and oxygen atoms in total. The van der Waals surface area contributed by atoms with Gasteiger partial charge in [0.05, 0.1) is 4.90 Å². The molecular weight excluding hydrogens is 322 g/mol. The summed E-state index contributed by atoms with van der Waals surface area (Å²) < 4.78 is 26.8. The highest BCUT2D eigenvalue weighted by atomic mass is 79.9. The second-order valence-corrected chi connectivity index (χ2v) is 7.61. The Morgan fingerprint density at radius 3 is 2.65 bits per heavy atom. The van der Waals surface area contributed by atoms with Gasteiger partial charge in [0.2, 0.25) is 10.0 Å². The van der Waals surface area contributed by atoms with E-state index in [0.717, 1.165) is 10.2 Å². The van der Waals surface area contributed by atoms with Gasteiger partial charge in [0.1, 0.15) is 0 Å². The lowest BCUT2D eigenvalue weighted by molar-refractivity contribution is 0.415. The minimum absolute atomic E-state index is 0.0195. The normalized spacial score (nSPS) is 13.9. The van der Waals surface area contributed by atoms with Crippen LogP contribution in [0.4, 0.5) is 0 Å². The van der Waals surface area contributed by atoms with E-state index in [2.05, 4.69) is 15.9 Å². The summed E-state index contributed by atoms with van der Waals surface area (Å²) in [4.78, 5) is 0.322. The molecule has 0 aliphatic carbocycles. The van der Waals surface area contributed by atoms with Gasteiger partial charge in [-0.05, 0) is 31.4 Å². The number of hydrogen-bond donors (Lipinski definition) is 0. The molecule has 1 aromatic rings. The summed E-state index contributed by atoms with van der Waals surface area (Å²) in [7, 11) is -1.77. The van der Waals surface area contributed by atoms with E-state index in [-0.39, 0.29) is 6.04 Å². The SMILES string of the molecule is CSCC(C)N(C)S(=O)(=O)c1cccc(Br)c1. The van der Waals surface area contributed by atoms with E-state index in [1.54, 1.807) is 37.0 Å². The number of sulfonamides is 1. The molecule has 0 spiro atoms. The summed E-state index contributed by atoms with van der Waals surface area (Å²) in [5, 5.41) is 0. The predicted molar refractivity (Wildman–Crippen MR) is 76.9 cm³/mol. The van der Waals surface area contributed by atoms with Gasteiger partial charge >= 0.3 is 0 Å². The first-order valence-electron chi connectivity index (χ1n) is 5.12. The summed E-state index contributed by atoms with van der Waals surface area (Å²) in [5.74, 6) is 0.781. The Labute approximate surface area is 116 Å². The van der Waals surface area contributed by atoms with Crippen molar-refractivity contribution >= 4 is 37.7 Å². The quantitative estimate of drug-likeness (QED) is 0.829. The average molecular weight is 338 g/mol. The highest BCUT2D eigenvalue weighted by Crippen LogP contribution is 2.21. The number of rotatable bonds is 5. The van der Waals surface area contributed by atoms with Crippen LogP contribution in [-0.2, 0) is 10.0 Å². The Hall–Kier alpha value is -0.0400. The van der Waals surface area contributed by atoms with Crippen molar-refractivity contribution in [3.8, 4) is 0 Å². The first kappa shape index (κ1) is 15.0. The van der Waals surface area contributed by atoms with Crippen LogP contribution in [-0.4, -0.2) is 37.8 Å². The van der Waals surface area contributed by atoms with Gasteiger partial charge in [-0.15, -0.1) is 0 Å². The Bertz CT molecular complexity index is 476. The van der Waals surface area contributed by atoms with E-state index < -0.39 is 10.0 Å². The monoisotopic (exact) mass is 337 g/mol. The number of nitrogens with zero attached hydrogens (tertiary/aromatic N) is 1. The molecule has 1 atom stereocenters. The molecule has 0 aromatic heterocycles. The fourth-order valence-corrected chi connectivity index (χ4v) is 4.14. The summed E-state index contributed by atoms with van der Waals surface area (Å²) in [6.45, 7) is 1.91. The molecule has 1 unspecified atom stereocenters. The first-order chi connectivity index (χ1) is 7.89. The molecule has 0 aliphatic rings. The van der Waals surface area contributed by atoms with Gasteiger partial charge < -0.3 is 0 Å². The van der Waals surface area contributed by atoms with Crippen LogP contribution in [0, 0.1) is 0 Å². The molecule has 0 amide bonds. The molecule has 0 N–H and O–H groups in total. The van der Waals surface area contributed by atoms with Gasteiger partial charge in [-0.25, -0.2) is 8.42 Å². The van der Waals surface area contributed by atoms with Crippen LogP contribution in [0.5, 0.6) is 0 Å². The van der Waals surface area contributed by atoms with Crippen LogP contribution in [0.3, 0.4) is 0 Å². The molecule has 0 bridgehead atoms. The minimum atomic E-state index is -3.39. The zero-order chi connectivity index (χ0) is 13.1. The molecule has 0 aliphatic heterocycles. The van der Waals surface area contributed by atoms with E-state index in [0.29, 0.717) is 4.90 Å². The lowest BCUT2D eigenvalue weighted by Gasteiger charge is -2.23. The highest BCUT2D eigenvalue weighted by molar-refractivity contribution is 9.10. The average Bonchev–Trinajstić information content (AvgIpc) is 2.28. The Balaban J connectivity index is 3.03. The number of benzene rings is 1. The Morgan fingerprint density at radius 2 is 2.12 bits per heavy atom. The largest absolute Gasteiger partial charge is 0.243 e. The second kappa shape index (κ2) is 6.22. The van der Waals surface area contributed by atoms with Crippen LogP contribution >= 0.6 is 27.7 Å². The van der Waals surface area contributed by atoms with E-state index in [4.69, 9.17) is 0 Å². The number of thioether (sulfide) groups is 1. The smallest absolute Gasteiger partial charge is 0.207 e. The molecule has 1 rings (SSSR count). The molecule has 0 saturated carbocycles. The molecule has 0 fully saturated rings. The van der Waals surface area contributed by atoms with Crippen LogP contribution in [0.1, 0.15) is 6.92 Å². The Kier molecular flexibility index (Phi) is 5.50. The fraction of sp³-hybridized carbons (Fsp3) is 0.455. The third-order valence-electron chi connectivity index (χ3n) is 2.50. The number of halogens is 1. The van der Waals surface area contributed by atoms with Gasteiger partial charge in [0, 0.05) is 23.3 Å². The van der Waals surface area contributed by atoms with Gasteiger partial charge in [-0.2, -0.15) is 16.1 Å². The predicted octanol–water partition coefficient (Wildman–Crippen LogP) is 2.82. The van der Waals surface area contributed by atoms with Crippen molar-refractivity contribution in [1.29, 1.82) is 0 Å². The molecule has 0 saturated heterocycles. The first-order valence-corrected chi connectivity index (χ1v) is 8.75. The van der Waals surface area contributed by atoms with Crippen LogP contribution < -0.4 is 0 Å². The summed E-state index contributed by atoms with van der Waals surface area (Å²) in [6.07, 6.45) is 1.97. The van der Waals surface area contributed by atoms with Crippen LogP contribution in [0.2, 0.25) is 0 Å². The fourth-order valence-electron chi connectivity index (χ4n) is 1.38. The third kappa shape index (κ3) is 3.71. The van der Waals surface area contributed by atoms with Crippen LogP contribution in [0.25, 0.3) is 0 Å². The van der Waals surface area contributed by atoms with Crippen molar-refractivity contribution < 1.29 is 8.42 Å². The van der Waals surface area contributed by atoms with Crippen molar-refractivity contribution in [1.82, 2.24) is 4.31 Å². The van der Waals surface area contributed by atoms with Gasteiger partial charge in [-0.1, -0.05) is 22.0 Å². The summed E-state index contributed by atoms with van der Waals surface area (Å²) in [6, 6.07) is 6.75. The van der Waals surface area contributed by atoms with Crippen molar-refractivity contribution in [2.75, 3.05) is 19.1 Å². The topological polar surface area (TPSA) is 37.4 Å². The maximum absolute atomic E-state index is 12.3. The zero-order valence-electron chi connectivity index (χ0n) is 10.1. The van der Waals surface area contributed by atoms with E-state index in [1.165, 1.54) is 4.31 Å². The Morgan fingerprint density at radius 1 is 1.47 bits per heavy atom. The van der Waals surface area contributed by atoms with Crippen molar-refractivity contribution in [2.45, 2.75) is 17.9 Å².